The molecule has 0 unspecified atom stereocenters. The molecule has 1 atom stereocenters. The summed E-state index contributed by atoms with van der Waals surface area (Å²) in [5.74, 6) is -5.76. The lowest BCUT2D eigenvalue weighted by Crippen LogP contribution is -2.52. The Labute approximate surface area is 194 Å². The SMILES string of the molecule is Cc1cc(NC(=O)[C@H]2CCN(C(=O)C(=O)CC3(c4cn[nH]n4)CC(F)(F)C3)C2)ccc1F.S. The third-order valence-electron chi connectivity index (χ3n) is 6.16. The van der Waals surface area contributed by atoms with E-state index in [1.165, 1.54) is 29.3 Å². The highest BCUT2D eigenvalue weighted by Gasteiger charge is 2.59. The van der Waals surface area contributed by atoms with Crippen molar-refractivity contribution in [3.8, 4) is 0 Å². The van der Waals surface area contributed by atoms with E-state index in [0.717, 1.165) is 0 Å². The number of hydrogen-bond donors (Lipinski definition) is 2. The van der Waals surface area contributed by atoms with Crippen LogP contribution < -0.4 is 5.32 Å². The van der Waals surface area contributed by atoms with Crippen molar-refractivity contribution in [2.45, 2.75) is 43.9 Å². The fraction of sp³-hybridized carbons (Fsp3) is 0.476. The summed E-state index contributed by atoms with van der Waals surface area (Å²) < 4.78 is 40.6. The fourth-order valence-electron chi connectivity index (χ4n) is 4.48. The van der Waals surface area contributed by atoms with Crippen LogP contribution in [0.25, 0.3) is 0 Å². The zero-order valence-electron chi connectivity index (χ0n) is 17.8. The number of H-pyrrole nitrogens is 1. The number of Topliss-reactive ketones (excluding diaryl/α,β-unsaturated/α-hetero) is 1. The van der Waals surface area contributed by atoms with Crippen LogP contribution in [-0.2, 0) is 19.8 Å². The first-order valence-electron chi connectivity index (χ1n) is 10.2. The number of anilines is 1. The lowest BCUT2D eigenvalue weighted by molar-refractivity contribution is -0.153. The van der Waals surface area contributed by atoms with Gasteiger partial charge in [0.1, 0.15) is 5.82 Å². The summed E-state index contributed by atoms with van der Waals surface area (Å²) >= 11 is 0. The lowest BCUT2D eigenvalue weighted by Gasteiger charge is -2.45. The van der Waals surface area contributed by atoms with Gasteiger partial charge in [-0.05, 0) is 37.1 Å². The van der Waals surface area contributed by atoms with Gasteiger partial charge in [-0.1, -0.05) is 0 Å². The van der Waals surface area contributed by atoms with Gasteiger partial charge in [0.25, 0.3) is 5.91 Å². The number of rotatable bonds is 6. The minimum absolute atomic E-state index is 0. The molecule has 2 heterocycles. The van der Waals surface area contributed by atoms with E-state index in [1.54, 1.807) is 6.92 Å². The van der Waals surface area contributed by atoms with Crippen LogP contribution in [0.3, 0.4) is 0 Å². The average Bonchev–Trinajstić information content (AvgIpc) is 3.41. The Morgan fingerprint density at radius 1 is 1.27 bits per heavy atom. The number of aryl methyl sites for hydroxylation is 1. The van der Waals surface area contributed by atoms with E-state index in [2.05, 4.69) is 20.7 Å². The Morgan fingerprint density at radius 3 is 2.61 bits per heavy atom. The third kappa shape index (κ3) is 5.05. The van der Waals surface area contributed by atoms with Gasteiger partial charge < -0.3 is 10.2 Å². The molecule has 33 heavy (non-hydrogen) atoms. The smallest absolute Gasteiger partial charge is 0.289 e. The molecule has 0 spiro atoms. The molecule has 1 aromatic heterocycles. The molecule has 1 saturated heterocycles. The first-order chi connectivity index (χ1) is 15.1. The zero-order chi connectivity index (χ0) is 23.1. The number of benzene rings is 1. The molecule has 8 nitrogen and oxygen atoms in total. The van der Waals surface area contributed by atoms with Crippen LogP contribution >= 0.6 is 13.5 Å². The van der Waals surface area contributed by atoms with Crippen molar-refractivity contribution in [1.82, 2.24) is 20.3 Å². The van der Waals surface area contributed by atoms with Gasteiger partial charge in [-0.15, -0.1) is 0 Å². The monoisotopic (exact) mass is 483 g/mol. The first-order valence-corrected chi connectivity index (χ1v) is 10.2. The number of carbonyl (C=O) groups is 3. The van der Waals surface area contributed by atoms with Gasteiger partial charge in [0.05, 0.1) is 17.8 Å². The fourth-order valence-corrected chi connectivity index (χ4v) is 4.48. The minimum Gasteiger partial charge on any atom is -0.335 e. The highest BCUT2D eigenvalue weighted by Crippen LogP contribution is 2.54. The van der Waals surface area contributed by atoms with Gasteiger partial charge in [-0.25, -0.2) is 13.2 Å². The maximum atomic E-state index is 13.6. The molecule has 2 fully saturated rings. The van der Waals surface area contributed by atoms with Crippen LogP contribution in [0.1, 0.15) is 36.9 Å². The number of halogens is 3. The quantitative estimate of drug-likeness (QED) is 0.614. The Hall–Kier alpha value is -2.89. The van der Waals surface area contributed by atoms with Crippen LogP contribution in [0.15, 0.2) is 24.4 Å². The van der Waals surface area contributed by atoms with Gasteiger partial charge >= 0.3 is 0 Å². The van der Waals surface area contributed by atoms with Gasteiger partial charge in [0.15, 0.2) is 0 Å². The van der Waals surface area contributed by atoms with Crippen molar-refractivity contribution in [2.24, 2.45) is 5.92 Å². The van der Waals surface area contributed by atoms with Crippen LogP contribution in [0.5, 0.6) is 0 Å². The third-order valence-corrected chi connectivity index (χ3v) is 6.16. The van der Waals surface area contributed by atoms with Gasteiger partial charge in [-0.2, -0.15) is 28.9 Å². The largest absolute Gasteiger partial charge is 0.335 e. The van der Waals surface area contributed by atoms with E-state index in [0.29, 0.717) is 17.7 Å². The van der Waals surface area contributed by atoms with Crippen molar-refractivity contribution in [3.63, 3.8) is 0 Å². The highest BCUT2D eigenvalue weighted by atomic mass is 32.1. The predicted molar refractivity (Wildman–Crippen MR) is 117 cm³/mol. The number of likely N-dealkylation sites (tertiary alicyclic amines) is 1. The van der Waals surface area contributed by atoms with Crippen molar-refractivity contribution in [2.75, 3.05) is 18.4 Å². The minimum atomic E-state index is -2.92. The normalized spacial score (nSPS) is 20.5. The summed E-state index contributed by atoms with van der Waals surface area (Å²) in [6.07, 6.45) is 0.107. The number of hydrogen-bond acceptors (Lipinski definition) is 5. The van der Waals surface area contributed by atoms with Crippen molar-refractivity contribution in [1.29, 1.82) is 0 Å². The van der Waals surface area contributed by atoms with E-state index < -0.39 is 48.2 Å². The molecular weight excluding hydrogens is 459 g/mol. The number of nitrogens with one attached hydrogen (secondary N) is 2. The maximum absolute atomic E-state index is 13.6. The van der Waals surface area contributed by atoms with E-state index in [1.807, 2.05) is 0 Å². The number of carbonyl (C=O) groups excluding carboxylic acids is 3. The zero-order valence-corrected chi connectivity index (χ0v) is 18.8. The van der Waals surface area contributed by atoms with E-state index >= 15 is 0 Å². The Kier molecular flexibility index (Phi) is 6.87. The summed E-state index contributed by atoms with van der Waals surface area (Å²) in [4.78, 5) is 39.1. The summed E-state index contributed by atoms with van der Waals surface area (Å²) in [6, 6.07) is 4.20. The molecule has 178 valence electrons. The van der Waals surface area contributed by atoms with E-state index in [4.69, 9.17) is 0 Å². The molecule has 12 heteroatoms. The number of aromatic nitrogens is 3. The summed E-state index contributed by atoms with van der Waals surface area (Å²) in [7, 11) is 0. The number of aromatic amines is 1. The molecule has 2 aromatic rings. The average molecular weight is 484 g/mol. The molecule has 0 bridgehead atoms. The summed E-state index contributed by atoms with van der Waals surface area (Å²) in [5.41, 5.74) is -0.160. The molecule has 1 saturated carbocycles. The van der Waals surface area contributed by atoms with Crippen molar-refractivity contribution >= 4 is 36.8 Å². The molecule has 4 rings (SSSR count). The van der Waals surface area contributed by atoms with Crippen LogP contribution in [0, 0.1) is 18.7 Å². The Balaban J connectivity index is 0.00000306. The van der Waals surface area contributed by atoms with Crippen LogP contribution in [0.4, 0.5) is 18.9 Å². The Bertz CT molecular complexity index is 1060. The number of nitrogens with zero attached hydrogens (tertiary/aromatic N) is 3. The first kappa shape index (κ1) is 24.7. The number of alkyl halides is 2. The second-order valence-corrected chi connectivity index (χ2v) is 8.64. The van der Waals surface area contributed by atoms with Gasteiger partial charge in [0.2, 0.25) is 17.6 Å². The van der Waals surface area contributed by atoms with Crippen molar-refractivity contribution in [3.05, 3.63) is 41.5 Å². The van der Waals surface area contributed by atoms with Gasteiger partial charge in [-0.3, -0.25) is 14.4 Å². The molecule has 1 aliphatic heterocycles. The van der Waals surface area contributed by atoms with Crippen molar-refractivity contribution < 1.29 is 27.6 Å². The Morgan fingerprint density at radius 2 is 2.00 bits per heavy atom. The number of amides is 2. The second-order valence-electron chi connectivity index (χ2n) is 8.64. The summed E-state index contributed by atoms with van der Waals surface area (Å²) in [6.45, 7) is 1.83. The molecule has 1 aromatic carbocycles. The maximum Gasteiger partial charge on any atom is 0.289 e. The topological polar surface area (TPSA) is 108 Å². The lowest BCUT2D eigenvalue weighted by atomic mass is 9.61. The second kappa shape index (κ2) is 9.16. The van der Waals surface area contributed by atoms with E-state index in [9.17, 15) is 27.6 Å². The molecule has 0 radical (unpaired) electrons. The standard InChI is InChI=1S/C21H22F3N5O3.H2S/c1-12-6-14(2-3-15(12)22)26-18(31)13-4-5-29(9-13)19(32)16(30)7-20(10-21(23,24)11-20)17-8-25-28-27-17;/h2-3,6,8,13H,4-5,7,9-11H2,1H3,(H,26,31)(H,25,27,28);1H2/t13-;/m0./s1. The predicted octanol–water partition coefficient (Wildman–Crippen LogP) is 2.48. The molecule has 2 aliphatic rings. The highest BCUT2D eigenvalue weighted by molar-refractivity contribution is 7.59. The van der Waals surface area contributed by atoms with Crippen LogP contribution in [0.2, 0.25) is 0 Å². The molecule has 2 N–H and O–H groups in total. The molecule has 2 amide bonds. The van der Waals surface area contributed by atoms with Gasteiger partial charge in [0, 0.05) is 43.5 Å². The molecular formula is C21H24F3N5O3S. The van der Waals surface area contributed by atoms with E-state index in [-0.39, 0.29) is 44.0 Å². The summed E-state index contributed by atoms with van der Waals surface area (Å²) in [5, 5.41) is 12.5. The van der Waals surface area contributed by atoms with Crippen LogP contribution in [-0.4, -0.2) is 56.9 Å². The molecule has 1 aliphatic carbocycles. The number of ketones is 1.